The van der Waals surface area contributed by atoms with Gasteiger partial charge in [0, 0.05) is 24.7 Å². The summed E-state index contributed by atoms with van der Waals surface area (Å²) < 4.78 is 0. The van der Waals surface area contributed by atoms with E-state index >= 15 is 0 Å². The Hall–Kier alpha value is -0.120. The van der Waals surface area contributed by atoms with Crippen LogP contribution in [0.3, 0.4) is 0 Å². The minimum Gasteiger partial charge on any atom is -0.396 e. The molecule has 1 aliphatic heterocycles. The van der Waals surface area contributed by atoms with Gasteiger partial charge in [0.25, 0.3) is 0 Å². The maximum atomic E-state index is 8.98. The van der Waals surface area contributed by atoms with Crippen LogP contribution in [-0.2, 0) is 0 Å². The lowest BCUT2D eigenvalue weighted by atomic mass is 10.00. The molecule has 0 amide bonds. The van der Waals surface area contributed by atoms with Gasteiger partial charge in [-0.15, -0.1) is 0 Å². The first-order valence-electron chi connectivity index (χ1n) is 7.45. The summed E-state index contributed by atoms with van der Waals surface area (Å²) in [7, 11) is 0. The summed E-state index contributed by atoms with van der Waals surface area (Å²) in [5.41, 5.74) is 6.36. The normalized spacial score (nSPS) is 36.0. The fourth-order valence-corrected chi connectivity index (χ4v) is 3.66. The van der Waals surface area contributed by atoms with Gasteiger partial charge in [-0.2, -0.15) is 0 Å². The van der Waals surface area contributed by atoms with E-state index in [1.807, 2.05) is 0 Å². The van der Waals surface area contributed by atoms with Crippen molar-refractivity contribution in [2.45, 2.75) is 75.9 Å². The maximum Gasteiger partial charge on any atom is 0.0431 e. The van der Waals surface area contributed by atoms with E-state index < -0.39 is 0 Å². The molecule has 3 N–H and O–H groups in total. The average molecular weight is 240 g/mol. The highest BCUT2D eigenvalue weighted by Crippen LogP contribution is 2.29. The van der Waals surface area contributed by atoms with Gasteiger partial charge in [-0.3, -0.25) is 4.90 Å². The Kier molecular flexibility index (Phi) is 5.26. The third-order valence-electron chi connectivity index (χ3n) is 4.58. The molecule has 1 saturated heterocycles. The first-order valence-corrected chi connectivity index (χ1v) is 7.45. The van der Waals surface area contributed by atoms with E-state index in [1.165, 1.54) is 51.5 Å². The van der Waals surface area contributed by atoms with Gasteiger partial charge in [-0.25, -0.2) is 0 Å². The molecule has 2 fully saturated rings. The highest BCUT2D eigenvalue weighted by Gasteiger charge is 2.33. The van der Waals surface area contributed by atoms with Gasteiger partial charge in [-0.05, 0) is 45.1 Å². The van der Waals surface area contributed by atoms with E-state index in [1.54, 1.807) is 0 Å². The van der Waals surface area contributed by atoms with Crippen LogP contribution < -0.4 is 5.73 Å². The third-order valence-corrected chi connectivity index (χ3v) is 4.58. The van der Waals surface area contributed by atoms with Crippen molar-refractivity contribution in [3.05, 3.63) is 0 Å². The summed E-state index contributed by atoms with van der Waals surface area (Å²) in [5.74, 6) is 0. The maximum absolute atomic E-state index is 8.98. The molecule has 2 rings (SSSR count). The Morgan fingerprint density at radius 1 is 1.06 bits per heavy atom. The standard InChI is InChI=1S/C14H28N2O/c15-13-8-2-1-3-9-14(13)16-10-4-6-12(16)7-5-11-17/h12-14,17H,1-11,15H2. The zero-order chi connectivity index (χ0) is 12.1. The molecule has 3 heteroatoms. The molecule has 2 aliphatic rings. The number of hydrogen-bond acceptors (Lipinski definition) is 3. The van der Waals surface area contributed by atoms with Crippen LogP contribution in [0.2, 0.25) is 0 Å². The lowest BCUT2D eigenvalue weighted by molar-refractivity contribution is 0.135. The number of nitrogens with zero attached hydrogens (tertiary/aromatic N) is 1. The van der Waals surface area contributed by atoms with Crippen molar-refractivity contribution >= 4 is 0 Å². The van der Waals surface area contributed by atoms with Crippen LogP contribution in [0.5, 0.6) is 0 Å². The number of aliphatic hydroxyl groups excluding tert-OH is 1. The molecule has 0 aromatic heterocycles. The van der Waals surface area contributed by atoms with Crippen molar-refractivity contribution in [2.24, 2.45) is 5.73 Å². The topological polar surface area (TPSA) is 49.5 Å². The van der Waals surface area contributed by atoms with Crippen LogP contribution in [0.25, 0.3) is 0 Å². The Morgan fingerprint density at radius 2 is 1.88 bits per heavy atom. The van der Waals surface area contributed by atoms with Gasteiger partial charge in [0.1, 0.15) is 0 Å². The van der Waals surface area contributed by atoms with Crippen molar-refractivity contribution in [1.29, 1.82) is 0 Å². The molecule has 1 heterocycles. The molecule has 0 aromatic rings. The fourth-order valence-electron chi connectivity index (χ4n) is 3.66. The largest absolute Gasteiger partial charge is 0.396 e. The average Bonchev–Trinajstić information content (AvgIpc) is 2.69. The highest BCUT2D eigenvalue weighted by molar-refractivity contribution is 4.91. The first-order chi connectivity index (χ1) is 8.33. The zero-order valence-electron chi connectivity index (χ0n) is 11.0. The first kappa shape index (κ1) is 13.3. The van der Waals surface area contributed by atoms with Crippen molar-refractivity contribution < 1.29 is 5.11 Å². The smallest absolute Gasteiger partial charge is 0.0431 e. The lowest BCUT2D eigenvalue weighted by Crippen LogP contribution is -2.49. The highest BCUT2D eigenvalue weighted by atomic mass is 16.2. The summed E-state index contributed by atoms with van der Waals surface area (Å²) in [4.78, 5) is 2.67. The second-order valence-corrected chi connectivity index (χ2v) is 5.77. The summed E-state index contributed by atoms with van der Waals surface area (Å²) in [6, 6.07) is 1.69. The minimum absolute atomic E-state index is 0.334. The SMILES string of the molecule is NC1CCCCCC1N1CCCC1CCCO. The number of rotatable bonds is 4. The predicted octanol–water partition coefficient (Wildman–Crippen LogP) is 1.88. The van der Waals surface area contributed by atoms with Crippen molar-refractivity contribution in [3.63, 3.8) is 0 Å². The molecule has 3 atom stereocenters. The lowest BCUT2D eigenvalue weighted by Gasteiger charge is -2.36. The van der Waals surface area contributed by atoms with Crippen LogP contribution in [0, 0.1) is 0 Å². The number of likely N-dealkylation sites (tertiary alicyclic amines) is 1. The van der Waals surface area contributed by atoms with E-state index in [0.29, 0.717) is 24.7 Å². The predicted molar refractivity (Wildman–Crippen MR) is 70.9 cm³/mol. The second kappa shape index (κ2) is 6.72. The molecule has 0 radical (unpaired) electrons. The van der Waals surface area contributed by atoms with E-state index in [9.17, 15) is 0 Å². The van der Waals surface area contributed by atoms with Crippen LogP contribution in [0.1, 0.15) is 57.8 Å². The second-order valence-electron chi connectivity index (χ2n) is 5.77. The molecule has 0 bridgehead atoms. The van der Waals surface area contributed by atoms with Gasteiger partial charge in [-0.1, -0.05) is 19.3 Å². The molecule has 0 aromatic carbocycles. The monoisotopic (exact) mass is 240 g/mol. The molecule has 3 unspecified atom stereocenters. The summed E-state index contributed by atoms with van der Waals surface area (Å²) in [6.45, 7) is 1.57. The molecule has 1 saturated carbocycles. The van der Waals surface area contributed by atoms with E-state index in [-0.39, 0.29) is 0 Å². The van der Waals surface area contributed by atoms with Crippen molar-refractivity contribution in [3.8, 4) is 0 Å². The molecule has 3 nitrogen and oxygen atoms in total. The Morgan fingerprint density at radius 3 is 2.71 bits per heavy atom. The van der Waals surface area contributed by atoms with Gasteiger partial charge < -0.3 is 10.8 Å². The fraction of sp³-hybridized carbons (Fsp3) is 1.00. The van der Waals surface area contributed by atoms with E-state index in [0.717, 1.165) is 12.8 Å². The van der Waals surface area contributed by atoms with E-state index in [2.05, 4.69) is 4.90 Å². The third kappa shape index (κ3) is 3.43. The van der Waals surface area contributed by atoms with Gasteiger partial charge in [0.2, 0.25) is 0 Å². The van der Waals surface area contributed by atoms with Crippen molar-refractivity contribution in [2.75, 3.05) is 13.2 Å². The molecule has 1 aliphatic carbocycles. The number of aliphatic hydroxyl groups is 1. The van der Waals surface area contributed by atoms with Crippen LogP contribution in [-0.4, -0.2) is 41.3 Å². The molecule has 17 heavy (non-hydrogen) atoms. The van der Waals surface area contributed by atoms with Gasteiger partial charge in [0.05, 0.1) is 0 Å². The molecular formula is C14H28N2O. The Balaban J connectivity index is 1.93. The molecule has 100 valence electrons. The van der Waals surface area contributed by atoms with Crippen molar-refractivity contribution in [1.82, 2.24) is 4.90 Å². The Labute approximate surface area is 105 Å². The molecular weight excluding hydrogens is 212 g/mol. The summed E-state index contributed by atoms with van der Waals surface area (Å²) >= 11 is 0. The van der Waals surface area contributed by atoms with E-state index in [4.69, 9.17) is 10.8 Å². The minimum atomic E-state index is 0.334. The van der Waals surface area contributed by atoms with Gasteiger partial charge in [0.15, 0.2) is 0 Å². The van der Waals surface area contributed by atoms with Gasteiger partial charge >= 0.3 is 0 Å². The molecule has 0 spiro atoms. The number of nitrogens with two attached hydrogens (primary N) is 1. The van der Waals surface area contributed by atoms with Crippen LogP contribution in [0.4, 0.5) is 0 Å². The summed E-state index contributed by atoms with van der Waals surface area (Å²) in [5, 5.41) is 8.98. The van der Waals surface area contributed by atoms with Crippen LogP contribution >= 0.6 is 0 Å². The quantitative estimate of drug-likeness (QED) is 0.738. The Bertz CT molecular complexity index is 222. The summed E-state index contributed by atoms with van der Waals surface area (Å²) in [6.07, 6.45) is 11.2. The van der Waals surface area contributed by atoms with Crippen LogP contribution in [0.15, 0.2) is 0 Å². The zero-order valence-corrected chi connectivity index (χ0v) is 11.0. The number of hydrogen-bond donors (Lipinski definition) is 2.